The first-order chi connectivity index (χ1) is 6.31. The molecule has 0 spiro atoms. The summed E-state index contributed by atoms with van der Waals surface area (Å²) in [6.07, 6.45) is 8.94. The van der Waals surface area contributed by atoms with Gasteiger partial charge in [-0.25, -0.2) is 4.99 Å². The van der Waals surface area contributed by atoms with Crippen LogP contribution in [0.15, 0.2) is 15.5 Å². The van der Waals surface area contributed by atoms with E-state index in [9.17, 15) is 0 Å². The molecular formula is C11H13NO. The lowest BCUT2D eigenvalue weighted by molar-refractivity contribution is 0.516. The first-order valence-corrected chi connectivity index (χ1v) is 4.39. The van der Waals surface area contributed by atoms with Gasteiger partial charge in [0.2, 0.25) is 5.88 Å². The van der Waals surface area contributed by atoms with Crippen molar-refractivity contribution in [1.82, 2.24) is 0 Å². The van der Waals surface area contributed by atoms with Gasteiger partial charge in [-0.15, -0.1) is 6.42 Å². The van der Waals surface area contributed by atoms with Crippen LogP contribution in [0.2, 0.25) is 0 Å². The Morgan fingerprint density at radius 3 is 3.00 bits per heavy atom. The van der Waals surface area contributed by atoms with Crippen molar-refractivity contribution in [1.29, 1.82) is 0 Å². The minimum absolute atomic E-state index is 0.549. The van der Waals surface area contributed by atoms with Gasteiger partial charge in [0.25, 0.3) is 0 Å². The molecule has 1 heterocycles. The van der Waals surface area contributed by atoms with Gasteiger partial charge in [-0.3, -0.25) is 0 Å². The first kappa shape index (κ1) is 9.60. The maximum Gasteiger partial charge on any atom is 0.234 e. The maximum absolute atomic E-state index is 5.45. The van der Waals surface area contributed by atoms with Gasteiger partial charge in [0.05, 0.1) is 5.56 Å². The predicted octanol–water partition coefficient (Wildman–Crippen LogP) is 2.94. The molecule has 0 unspecified atom stereocenters. The van der Waals surface area contributed by atoms with E-state index in [1.165, 1.54) is 0 Å². The Balaban J connectivity index is 2.98. The Bertz CT molecular complexity index is 341. The van der Waals surface area contributed by atoms with Gasteiger partial charge >= 0.3 is 0 Å². The van der Waals surface area contributed by atoms with Gasteiger partial charge < -0.3 is 4.42 Å². The van der Waals surface area contributed by atoms with Crippen LogP contribution in [0.1, 0.15) is 31.6 Å². The fourth-order valence-electron chi connectivity index (χ4n) is 1.12. The highest BCUT2D eigenvalue weighted by atomic mass is 16.4. The number of furan rings is 1. The van der Waals surface area contributed by atoms with Crippen molar-refractivity contribution in [3.63, 3.8) is 0 Å². The maximum atomic E-state index is 5.45. The molecule has 1 aromatic rings. The van der Waals surface area contributed by atoms with Crippen molar-refractivity contribution in [2.75, 3.05) is 0 Å². The molecule has 0 aliphatic heterocycles. The average Bonchev–Trinajstić information content (AvgIpc) is 2.49. The van der Waals surface area contributed by atoms with Gasteiger partial charge in [0, 0.05) is 12.6 Å². The molecule has 0 N–H and O–H groups in total. The molecule has 68 valence electrons. The molecule has 0 aromatic carbocycles. The third-order valence-corrected chi connectivity index (χ3v) is 1.66. The largest absolute Gasteiger partial charge is 0.442 e. The van der Waals surface area contributed by atoms with E-state index in [2.05, 4.69) is 17.8 Å². The Kier molecular flexibility index (Phi) is 3.33. The predicted molar refractivity (Wildman–Crippen MR) is 54.5 cm³/mol. The molecule has 0 radical (unpaired) electrons. The van der Waals surface area contributed by atoms with Crippen LogP contribution in [0.3, 0.4) is 0 Å². The monoisotopic (exact) mass is 175 g/mol. The van der Waals surface area contributed by atoms with E-state index in [-0.39, 0.29) is 0 Å². The topological polar surface area (TPSA) is 25.5 Å². The van der Waals surface area contributed by atoms with E-state index in [0.29, 0.717) is 5.88 Å². The minimum atomic E-state index is 0.549. The van der Waals surface area contributed by atoms with Crippen LogP contribution in [0, 0.1) is 12.3 Å². The molecule has 2 nitrogen and oxygen atoms in total. The fraction of sp³-hybridized carbons (Fsp3) is 0.364. The highest BCUT2D eigenvalue weighted by Crippen LogP contribution is 2.23. The van der Waals surface area contributed by atoms with E-state index < -0.39 is 0 Å². The van der Waals surface area contributed by atoms with E-state index in [1.807, 2.05) is 13.0 Å². The van der Waals surface area contributed by atoms with Gasteiger partial charge in [-0.05, 0) is 19.4 Å². The Morgan fingerprint density at radius 1 is 1.69 bits per heavy atom. The zero-order valence-electron chi connectivity index (χ0n) is 8.00. The summed E-state index contributed by atoms with van der Waals surface area (Å²) in [4.78, 5) is 4.05. The van der Waals surface area contributed by atoms with Crippen molar-refractivity contribution in [3.05, 3.63) is 17.4 Å². The summed E-state index contributed by atoms with van der Waals surface area (Å²) in [7, 11) is 0. The minimum Gasteiger partial charge on any atom is -0.442 e. The summed E-state index contributed by atoms with van der Waals surface area (Å²) in [5.74, 6) is 4.01. The number of aliphatic imine (C=N–C) groups is 1. The second kappa shape index (κ2) is 4.51. The smallest absolute Gasteiger partial charge is 0.234 e. The molecule has 0 bridgehead atoms. The van der Waals surface area contributed by atoms with E-state index in [1.54, 1.807) is 6.21 Å². The van der Waals surface area contributed by atoms with Crippen molar-refractivity contribution in [3.8, 4) is 12.3 Å². The molecule has 0 aliphatic carbocycles. The van der Waals surface area contributed by atoms with E-state index in [4.69, 9.17) is 10.8 Å². The van der Waals surface area contributed by atoms with Crippen LogP contribution in [0.4, 0.5) is 5.88 Å². The highest BCUT2D eigenvalue weighted by molar-refractivity contribution is 5.61. The van der Waals surface area contributed by atoms with Crippen molar-refractivity contribution in [2.24, 2.45) is 4.99 Å². The lowest BCUT2D eigenvalue weighted by Gasteiger charge is -1.88. The van der Waals surface area contributed by atoms with Crippen LogP contribution >= 0.6 is 0 Å². The molecule has 0 saturated carbocycles. The molecular weight excluding hydrogens is 162 g/mol. The quantitative estimate of drug-likeness (QED) is 0.512. The Morgan fingerprint density at radius 2 is 2.46 bits per heavy atom. The molecule has 0 atom stereocenters. The number of aryl methyl sites for hydroxylation is 1. The van der Waals surface area contributed by atoms with E-state index >= 15 is 0 Å². The van der Waals surface area contributed by atoms with Crippen LogP contribution in [0.25, 0.3) is 0 Å². The summed E-state index contributed by atoms with van der Waals surface area (Å²) >= 11 is 0. The third-order valence-electron chi connectivity index (χ3n) is 1.66. The summed E-state index contributed by atoms with van der Waals surface area (Å²) in [6.45, 7) is 3.93. The summed E-state index contributed by atoms with van der Waals surface area (Å²) in [6, 6.07) is 1.88. The second-order valence-electron chi connectivity index (χ2n) is 2.71. The Labute approximate surface area is 78.7 Å². The number of hydrogen-bond donors (Lipinski definition) is 0. The number of terminal acetylenes is 1. The Hall–Kier alpha value is -1.49. The van der Waals surface area contributed by atoms with Gasteiger partial charge in [0.15, 0.2) is 0 Å². The molecule has 13 heavy (non-hydrogen) atoms. The molecule has 1 rings (SSSR count). The first-order valence-electron chi connectivity index (χ1n) is 4.39. The summed E-state index contributed by atoms with van der Waals surface area (Å²) in [5, 5.41) is 0. The van der Waals surface area contributed by atoms with Gasteiger partial charge in [-0.1, -0.05) is 12.8 Å². The standard InChI is InChI=1S/C11H13NO/c1-4-7-10-8-9(5-2)11(13-10)12-6-3/h2,6,8H,4,7H2,1,3H3. The van der Waals surface area contributed by atoms with Gasteiger partial charge in [-0.2, -0.15) is 0 Å². The van der Waals surface area contributed by atoms with Crippen LogP contribution in [-0.4, -0.2) is 6.21 Å². The lowest BCUT2D eigenvalue weighted by atomic mass is 10.2. The number of rotatable bonds is 3. The third kappa shape index (κ3) is 2.22. The number of hydrogen-bond acceptors (Lipinski definition) is 2. The fourth-order valence-corrected chi connectivity index (χ4v) is 1.12. The van der Waals surface area contributed by atoms with Crippen LogP contribution in [-0.2, 0) is 6.42 Å². The lowest BCUT2D eigenvalue weighted by Crippen LogP contribution is -1.75. The van der Waals surface area contributed by atoms with Gasteiger partial charge in [0.1, 0.15) is 5.76 Å². The number of nitrogens with zero attached hydrogens (tertiary/aromatic N) is 1. The van der Waals surface area contributed by atoms with Crippen molar-refractivity contribution in [2.45, 2.75) is 26.7 Å². The van der Waals surface area contributed by atoms with Crippen molar-refractivity contribution >= 4 is 12.1 Å². The molecule has 2 heteroatoms. The molecule has 0 fully saturated rings. The normalized spacial score (nSPS) is 10.5. The van der Waals surface area contributed by atoms with E-state index in [0.717, 1.165) is 24.2 Å². The summed E-state index contributed by atoms with van der Waals surface area (Å²) < 4.78 is 5.45. The molecule has 0 amide bonds. The zero-order valence-corrected chi connectivity index (χ0v) is 8.00. The molecule has 0 saturated heterocycles. The average molecular weight is 175 g/mol. The van der Waals surface area contributed by atoms with Crippen LogP contribution < -0.4 is 0 Å². The second-order valence-corrected chi connectivity index (χ2v) is 2.71. The van der Waals surface area contributed by atoms with Crippen molar-refractivity contribution < 1.29 is 4.42 Å². The zero-order chi connectivity index (χ0) is 9.68. The molecule has 0 aliphatic rings. The molecule has 1 aromatic heterocycles. The summed E-state index contributed by atoms with van der Waals surface area (Å²) in [5.41, 5.74) is 0.738. The van der Waals surface area contributed by atoms with Crippen LogP contribution in [0.5, 0.6) is 0 Å². The SMILES string of the molecule is C#Cc1cc(CCC)oc1N=CC. The highest BCUT2D eigenvalue weighted by Gasteiger charge is 2.06.